The van der Waals surface area contributed by atoms with Gasteiger partial charge in [-0.05, 0) is 38.1 Å². The van der Waals surface area contributed by atoms with Crippen LogP contribution < -0.4 is 20.9 Å². The number of rotatable bonds is 1. The summed E-state index contributed by atoms with van der Waals surface area (Å²) in [4.78, 5) is 12.8. The first-order valence-corrected chi connectivity index (χ1v) is 7.19. The fourth-order valence-corrected chi connectivity index (χ4v) is 2.80. The first kappa shape index (κ1) is 12.9. The zero-order valence-electron chi connectivity index (χ0n) is 12.4. The predicted molar refractivity (Wildman–Crippen MR) is 87.0 cm³/mol. The highest BCUT2D eigenvalue weighted by molar-refractivity contribution is 6.12. The average molecular weight is 292 g/mol. The Morgan fingerprint density at radius 2 is 1.64 bits per heavy atom. The summed E-state index contributed by atoms with van der Waals surface area (Å²) in [5, 5.41) is 6.70. The lowest BCUT2D eigenvalue weighted by molar-refractivity contribution is -0.114. The number of aryl methyl sites for hydroxylation is 1. The minimum absolute atomic E-state index is 0.0663. The number of hydrogen-bond donors (Lipinski definition) is 2. The molecule has 0 saturated carbocycles. The molecule has 110 valence electrons. The second-order valence-electron chi connectivity index (χ2n) is 5.53. The van der Waals surface area contributed by atoms with Gasteiger partial charge in [-0.1, -0.05) is 29.8 Å². The van der Waals surface area contributed by atoms with E-state index in [2.05, 4.69) is 10.9 Å². The monoisotopic (exact) mass is 292 g/mol. The molecule has 2 N–H and O–H groups in total. The number of nitrogens with zero attached hydrogens (tertiary/aromatic N) is 2. The largest absolute Gasteiger partial charge is 0.355 e. The smallest absolute Gasteiger partial charge is 0.294 e. The number of anilines is 3. The van der Waals surface area contributed by atoms with Gasteiger partial charge in [-0.3, -0.25) is 4.79 Å². The molecule has 2 heterocycles. The van der Waals surface area contributed by atoms with Crippen molar-refractivity contribution < 1.29 is 4.79 Å². The van der Waals surface area contributed by atoms with Crippen molar-refractivity contribution in [1.29, 1.82) is 0 Å². The van der Waals surface area contributed by atoms with Crippen LogP contribution in [0.3, 0.4) is 0 Å². The van der Waals surface area contributed by atoms with Crippen LogP contribution >= 0.6 is 0 Å². The second kappa shape index (κ2) is 4.61. The number of carbonyl (C=O) groups excluding carboxylic acids is 1. The summed E-state index contributed by atoms with van der Waals surface area (Å²) in [6.07, 6.45) is 0. The number of allylic oxidation sites excluding steroid dienone is 1. The lowest BCUT2D eigenvalue weighted by Gasteiger charge is -2.28. The Morgan fingerprint density at radius 1 is 0.909 bits per heavy atom. The number of benzene rings is 2. The molecular weight excluding hydrogens is 276 g/mol. The fourth-order valence-electron chi connectivity index (χ4n) is 2.80. The zero-order valence-corrected chi connectivity index (χ0v) is 12.4. The van der Waals surface area contributed by atoms with Gasteiger partial charge in [0.2, 0.25) is 0 Å². The highest BCUT2D eigenvalue weighted by Gasteiger charge is 2.39. The first-order valence-electron chi connectivity index (χ1n) is 7.19. The molecule has 0 aromatic heterocycles. The lowest BCUT2D eigenvalue weighted by Crippen LogP contribution is -2.41. The minimum Gasteiger partial charge on any atom is -0.355 e. The predicted octanol–water partition coefficient (Wildman–Crippen LogP) is 2.92. The SMILES string of the molecule is CC1=C2C(=O)N(c3ccc(C)cc3)NN2c2ccccc2N1. The van der Waals surface area contributed by atoms with Gasteiger partial charge in [0.05, 0.1) is 17.1 Å². The van der Waals surface area contributed by atoms with Gasteiger partial charge >= 0.3 is 0 Å². The van der Waals surface area contributed by atoms with Crippen molar-refractivity contribution in [3.05, 3.63) is 65.5 Å². The van der Waals surface area contributed by atoms with Crippen LogP contribution in [0.4, 0.5) is 17.1 Å². The van der Waals surface area contributed by atoms with E-state index >= 15 is 0 Å². The molecule has 5 nitrogen and oxygen atoms in total. The van der Waals surface area contributed by atoms with Gasteiger partial charge in [-0.2, -0.15) is 0 Å². The van der Waals surface area contributed by atoms with E-state index in [1.165, 1.54) is 0 Å². The molecule has 2 aliphatic rings. The number of nitrogens with one attached hydrogen (secondary N) is 2. The Bertz CT molecular complexity index is 795. The number of hydrazine groups is 2. The Hall–Kier alpha value is -2.79. The molecule has 4 rings (SSSR count). The molecule has 5 heteroatoms. The van der Waals surface area contributed by atoms with Gasteiger partial charge in [0, 0.05) is 5.70 Å². The summed E-state index contributed by atoms with van der Waals surface area (Å²) in [5.74, 6) is -0.0663. The van der Waals surface area contributed by atoms with E-state index in [0.717, 1.165) is 28.3 Å². The van der Waals surface area contributed by atoms with E-state index in [-0.39, 0.29) is 5.91 Å². The molecule has 1 fully saturated rings. The molecule has 2 aromatic rings. The molecule has 0 unspecified atom stereocenters. The minimum atomic E-state index is -0.0663. The summed E-state index contributed by atoms with van der Waals surface area (Å²) in [5.41, 5.74) is 8.55. The van der Waals surface area contributed by atoms with Crippen molar-refractivity contribution in [3.63, 3.8) is 0 Å². The maximum absolute atomic E-state index is 12.8. The number of fused-ring (bicyclic) bond motifs is 3. The van der Waals surface area contributed by atoms with Crippen LogP contribution in [0.15, 0.2) is 59.9 Å². The Balaban J connectivity index is 1.78. The third-order valence-electron chi connectivity index (χ3n) is 3.94. The van der Waals surface area contributed by atoms with E-state index in [9.17, 15) is 4.79 Å². The van der Waals surface area contributed by atoms with Crippen molar-refractivity contribution in [3.8, 4) is 0 Å². The van der Waals surface area contributed by atoms with Crippen LogP contribution in [0, 0.1) is 6.92 Å². The summed E-state index contributed by atoms with van der Waals surface area (Å²) in [6, 6.07) is 15.8. The van der Waals surface area contributed by atoms with Crippen molar-refractivity contribution in [2.24, 2.45) is 0 Å². The van der Waals surface area contributed by atoms with E-state index in [1.807, 2.05) is 67.4 Å². The molecule has 0 radical (unpaired) electrons. The van der Waals surface area contributed by atoms with E-state index in [1.54, 1.807) is 5.01 Å². The summed E-state index contributed by atoms with van der Waals surface area (Å²) in [6.45, 7) is 3.94. The van der Waals surface area contributed by atoms with Crippen LogP contribution in [-0.2, 0) is 4.79 Å². The zero-order chi connectivity index (χ0) is 15.3. The summed E-state index contributed by atoms with van der Waals surface area (Å²) < 4.78 is 0. The Morgan fingerprint density at radius 3 is 2.41 bits per heavy atom. The van der Waals surface area contributed by atoms with Crippen LogP contribution in [0.5, 0.6) is 0 Å². The van der Waals surface area contributed by atoms with Crippen LogP contribution in [0.1, 0.15) is 12.5 Å². The summed E-state index contributed by atoms with van der Waals surface area (Å²) in [7, 11) is 0. The third kappa shape index (κ3) is 1.79. The van der Waals surface area contributed by atoms with Gasteiger partial charge in [-0.25, -0.2) is 10.0 Å². The summed E-state index contributed by atoms with van der Waals surface area (Å²) >= 11 is 0. The average Bonchev–Trinajstić information content (AvgIpc) is 2.87. The second-order valence-corrected chi connectivity index (χ2v) is 5.53. The van der Waals surface area contributed by atoms with Crippen molar-refractivity contribution >= 4 is 23.0 Å². The molecule has 22 heavy (non-hydrogen) atoms. The number of hydrogen-bond acceptors (Lipinski definition) is 4. The molecule has 0 spiro atoms. The standard InChI is InChI=1S/C17H16N4O/c1-11-7-9-13(10-8-11)20-17(22)16-12(2)18-14-5-3-4-6-15(14)21(16)19-20/h3-10,18-19H,1-2H3. The van der Waals surface area contributed by atoms with Gasteiger partial charge < -0.3 is 5.32 Å². The Labute approximate surface area is 128 Å². The van der Waals surface area contributed by atoms with Gasteiger partial charge in [0.15, 0.2) is 0 Å². The lowest BCUT2D eigenvalue weighted by atomic mass is 10.1. The van der Waals surface area contributed by atoms with Crippen LogP contribution in [0.25, 0.3) is 0 Å². The highest BCUT2D eigenvalue weighted by atomic mass is 16.2. The van der Waals surface area contributed by atoms with Crippen LogP contribution in [-0.4, -0.2) is 5.91 Å². The van der Waals surface area contributed by atoms with Gasteiger partial charge in [0.25, 0.3) is 5.91 Å². The maximum atomic E-state index is 12.8. The van der Waals surface area contributed by atoms with Crippen molar-refractivity contribution in [1.82, 2.24) is 5.53 Å². The molecule has 0 bridgehead atoms. The number of amides is 1. The van der Waals surface area contributed by atoms with Crippen molar-refractivity contribution in [2.75, 3.05) is 15.3 Å². The maximum Gasteiger partial charge on any atom is 0.294 e. The van der Waals surface area contributed by atoms with E-state index in [4.69, 9.17) is 0 Å². The third-order valence-corrected chi connectivity index (χ3v) is 3.94. The quantitative estimate of drug-likeness (QED) is 0.848. The molecule has 1 amide bonds. The molecule has 2 aliphatic heterocycles. The molecule has 2 aromatic carbocycles. The van der Waals surface area contributed by atoms with Crippen molar-refractivity contribution in [2.45, 2.75) is 13.8 Å². The van der Waals surface area contributed by atoms with Crippen LogP contribution in [0.2, 0.25) is 0 Å². The topological polar surface area (TPSA) is 47.6 Å². The highest BCUT2D eigenvalue weighted by Crippen LogP contribution is 2.37. The normalized spacial score (nSPS) is 16.5. The van der Waals surface area contributed by atoms with Gasteiger partial charge in [0.1, 0.15) is 5.70 Å². The first-order chi connectivity index (χ1) is 10.6. The van der Waals surface area contributed by atoms with Gasteiger partial charge in [-0.15, -0.1) is 5.53 Å². The molecule has 0 aliphatic carbocycles. The number of carbonyl (C=O) groups is 1. The Kier molecular flexibility index (Phi) is 2.71. The van der Waals surface area contributed by atoms with E-state index < -0.39 is 0 Å². The molecular formula is C17H16N4O. The molecule has 1 saturated heterocycles. The molecule has 0 atom stereocenters. The number of para-hydroxylation sites is 2. The van der Waals surface area contributed by atoms with E-state index in [0.29, 0.717) is 5.70 Å². The fraction of sp³-hybridized carbons (Fsp3) is 0.118.